The van der Waals surface area contributed by atoms with Crippen molar-refractivity contribution in [3.8, 4) is 0 Å². The van der Waals surface area contributed by atoms with Gasteiger partial charge in [-0.05, 0) is 35.7 Å². The van der Waals surface area contributed by atoms with Gasteiger partial charge < -0.3 is 5.11 Å². The molecule has 0 radical (unpaired) electrons. The van der Waals surface area contributed by atoms with Gasteiger partial charge in [-0.25, -0.2) is 0 Å². The molecule has 1 unspecified atom stereocenters. The molecule has 19 heavy (non-hydrogen) atoms. The maximum Gasteiger partial charge on any atom is 0.311 e. The van der Waals surface area contributed by atoms with Gasteiger partial charge in [0.2, 0.25) is 0 Å². The molecule has 0 heterocycles. The number of carbonyl (C=O) groups is 1. The summed E-state index contributed by atoms with van der Waals surface area (Å²) in [5.41, 5.74) is 1.61. The van der Waals surface area contributed by atoms with Crippen molar-refractivity contribution in [3.05, 3.63) is 69.2 Å². The summed E-state index contributed by atoms with van der Waals surface area (Å²) >= 11 is 9.47. The van der Waals surface area contributed by atoms with Crippen molar-refractivity contribution in [2.24, 2.45) is 0 Å². The Morgan fingerprint density at radius 2 is 1.95 bits per heavy atom. The molecule has 1 atom stereocenters. The Labute approximate surface area is 125 Å². The van der Waals surface area contributed by atoms with Crippen molar-refractivity contribution in [1.82, 2.24) is 0 Å². The first kappa shape index (κ1) is 14.1. The van der Waals surface area contributed by atoms with Crippen molar-refractivity contribution < 1.29 is 9.90 Å². The molecule has 0 aliphatic rings. The Kier molecular flexibility index (Phi) is 4.61. The summed E-state index contributed by atoms with van der Waals surface area (Å²) in [7, 11) is 0. The van der Waals surface area contributed by atoms with Gasteiger partial charge in [0.15, 0.2) is 0 Å². The molecule has 0 bridgehead atoms. The summed E-state index contributed by atoms with van der Waals surface area (Å²) in [5.74, 6) is -1.50. The molecule has 0 aromatic heterocycles. The van der Waals surface area contributed by atoms with E-state index in [2.05, 4.69) is 15.9 Å². The van der Waals surface area contributed by atoms with Crippen LogP contribution >= 0.6 is 27.5 Å². The Morgan fingerprint density at radius 1 is 1.21 bits per heavy atom. The average molecular weight is 340 g/mol. The summed E-state index contributed by atoms with van der Waals surface area (Å²) in [6, 6.07) is 14.7. The van der Waals surface area contributed by atoms with E-state index in [1.807, 2.05) is 24.3 Å². The van der Waals surface area contributed by atoms with Gasteiger partial charge in [0, 0.05) is 9.50 Å². The van der Waals surface area contributed by atoms with Gasteiger partial charge in [-0.3, -0.25) is 4.79 Å². The van der Waals surface area contributed by atoms with E-state index in [1.165, 1.54) is 0 Å². The fraction of sp³-hybridized carbons (Fsp3) is 0.133. The minimum atomic E-state index is -0.868. The van der Waals surface area contributed by atoms with Crippen molar-refractivity contribution >= 4 is 33.5 Å². The minimum absolute atomic E-state index is 0.415. The number of rotatable bonds is 4. The van der Waals surface area contributed by atoms with Crippen LogP contribution in [0.2, 0.25) is 5.02 Å². The van der Waals surface area contributed by atoms with E-state index in [4.69, 9.17) is 11.6 Å². The number of carboxylic acids is 1. The molecule has 0 spiro atoms. The van der Waals surface area contributed by atoms with Crippen LogP contribution in [0.15, 0.2) is 53.0 Å². The minimum Gasteiger partial charge on any atom is -0.481 e. The van der Waals surface area contributed by atoms with E-state index < -0.39 is 11.9 Å². The molecule has 0 amide bonds. The third-order valence-electron chi connectivity index (χ3n) is 2.91. The summed E-state index contributed by atoms with van der Waals surface area (Å²) in [4.78, 5) is 11.5. The highest BCUT2D eigenvalue weighted by Crippen LogP contribution is 2.28. The molecule has 2 aromatic carbocycles. The highest BCUT2D eigenvalue weighted by Gasteiger charge is 2.22. The molecule has 2 nitrogen and oxygen atoms in total. The molecule has 0 aliphatic carbocycles. The van der Waals surface area contributed by atoms with E-state index in [9.17, 15) is 9.90 Å². The van der Waals surface area contributed by atoms with Gasteiger partial charge in [-0.2, -0.15) is 0 Å². The monoisotopic (exact) mass is 338 g/mol. The lowest BCUT2D eigenvalue weighted by Crippen LogP contribution is -2.15. The quantitative estimate of drug-likeness (QED) is 0.889. The van der Waals surface area contributed by atoms with E-state index in [0.29, 0.717) is 17.0 Å². The topological polar surface area (TPSA) is 37.3 Å². The first-order chi connectivity index (χ1) is 9.08. The van der Waals surface area contributed by atoms with E-state index >= 15 is 0 Å². The lowest BCUT2D eigenvalue weighted by molar-refractivity contribution is -0.138. The fourth-order valence-electron chi connectivity index (χ4n) is 1.99. The van der Waals surface area contributed by atoms with Crippen LogP contribution in [0.1, 0.15) is 17.0 Å². The first-order valence-corrected chi connectivity index (χ1v) is 6.96. The summed E-state index contributed by atoms with van der Waals surface area (Å²) < 4.78 is 0.938. The Morgan fingerprint density at radius 3 is 2.58 bits per heavy atom. The zero-order valence-electron chi connectivity index (χ0n) is 10.0. The summed E-state index contributed by atoms with van der Waals surface area (Å²) in [6.07, 6.45) is 0.415. The van der Waals surface area contributed by atoms with Crippen LogP contribution in [-0.4, -0.2) is 11.1 Å². The van der Waals surface area contributed by atoms with E-state index in [1.54, 1.807) is 24.3 Å². The normalized spacial score (nSPS) is 12.1. The number of carboxylic acid groups (broad SMARTS) is 1. The van der Waals surface area contributed by atoms with Gasteiger partial charge >= 0.3 is 5.97 Å². The smallest absolute Gasteiger partial charge is 0.311 e. The predicted molar refractivity (Wildman–Crippen MR) is 79.7 cm³/mol. The molecule has 2 aromatic rings. The molecule has 4 heteroatoms. The Bertz CT molecular complexity index is 598. The third-order valence-corrected chi connectivity index (χ3v) is 3.75. The first-order valence-electron chi connectivity index (χ1n) is 5.79. The highest BCUT2D eigenvalue weighted by atomic mass is 79.9. The van der Waals surface area contributed by atoms with Crippen LogP contribution in [0.5, 0.6) is 0 Å². The fourth-order valence-corrected chi connectivity index (χ4v) is 2.70. The zero-order valence-corrected chi connectivity index (χ0v) is 12.4. The van der Waals surface area contributed by atoms with Gasteiger partial charge in [-0.1, -0.05) is 57.9 Å². The largest absolute Gasteiger partial charge is 0.481 e. The van der Waals surface area contributed by atoms with Gasteiger partial charge in [0.1, 0.15) is 0 Å². The van der Waals surface area contributed by atoms with Crippen molar-refractivity contribution in [2.45, 2.75) is 12.3 Å². The number of halogens is 2. The molecule has 2 rings (SSSR count). The third kappa shape index (κ3) is 3.58. The second kappa shape index (κ2) is 6.22. The second-order valence-corrected chi connectivity index (χ2v) is 5.57. The molecule has 0 saturated carbocycles. The number of hydrogen-bond donors (Lipinski definition) is 1. The SMILES string of the molecule is O=C(O)C(Cc1cccc(Br)c1)c1ccccc1Cl. The number of benzene rings is 2. The molecule has 0 aliphatic heterocycles. The number of aliphatic carboxylic acids is 1. The van der Waals surface area contributed by atoms with Crippen molar-refractivity contribution in [1.29, 1.82) is 0 Å². The highest BCUT2D eigenvalue weighted by molar-refractivity contribution is 9.10. The van der Waals surface area contributed by atoms with Crippen LogP contribution < -0.4 is 0 Å². The van der Waals surface area contributed by atoms with Crippen molar-refractivity contribution in [3.63, 3.8) is 0 Å². The lowest BCUT2D eigenvalue weighted by atomic mass is 9.92. The maximum atomic E-state index is 11.5. The van der Waals surface area contributed by atoms with E-state index in [0.717, 1.165) is 10.0 Å². The molecule has 0 fully saturated rings. The van der Waals surface area contributed by atoms with Gasteiger partial charge in [0.25, 0.3) is 0 Å². The lowest BCUT2D eigenvalue weighted by Gasteiger charge is -2.14. The molecule has 1 N–H and O–H groups in total. The van der Waals surface area contributed by atoms with Crippen LogP contribution in [0.3, 0.4) is 0 Å². The van der Waals surface area contributed by atoms with Gasteiger partial charge in [-0.15, -0.1) is 0 Å². The van der Waals surface area contributed by atoms with E-state index in [-0.39, 0.29) is 0 Å². The summed E-state index contributed by atoms with van der Waals surface area (Å²) in [5, 5.41) is 9.90. The van der Waals surface area contributed by atoms with Crippen LogP contribution in [0.25, 0.3) is 0 Å². The van der Waals surface area contributed by atoms with Crippen LogP contribution in [0, 0.1) is 0 Å². The molecular formula is C15H12BrClO2. The average Bonchev–Trinajstić information content (AvgIpc) is 2.37. The van der Waals surface area contributed by atoms with Crippen molar-refractivity contribution in [2.75, 3.05) is 0 Å². The van der Waals surface area contributed by atoms with Gasteiger partial charge in [0.05, 0.1) is 5.92 Å². The van der Waals surface area contributed by atoms with Crippen LogP contribution in [-0.2, 0) is 11.2 Å². The number of hydrogen-bond acceptors (Lipinski definition) is 1. The second-order valence-electron chi connectivity index (χ2n) is 4.25. The molecule has 0 saturated heterocycles. The predicted octanol–water partition coefficient (Wildman–Crippen LogP) is 4.51. The standard InChI is InChI=1S/C15H12BrClO2/c16-11-5-3-4-10(8-11)9-13(15(18)19)12-6-1-2-7-14(12)17/h1-8,13H,9H2,(H,18,19). The zero-order chi connectivity index (χ0) is 13.8. The van der Waals surface area contributed by atoms with Crippen LogP contribution in [0.4, 0.5) is 0 Å². The maximum absolute atomic E-state index is 11.5. The molecular weight excluding hydrogens is 328 g/mol. The summed E-state index contributed by atoms with van der Waals surface area (Å²) in [6.45, 7) is 0. The Balaban J connectivity index is 2.32. The Hall–Kier alpha value is -1.32. The molecule has 98 valence electrons.